The van der Waals surface area contributed by atoms with Crippen LogP contribution in [0, 0.1) is 5.41 Å². The first kappa shape index (κ1) is 13.9. The Morgan fingerprint density at radius 1 is 1.44 bits per heavy atom. The molecule has 1 aromatic rings. The topological polar surface area (TPSA) is 38.0 Å². The van der Waals surface area contributed by atoms with Crippen molar-refractivity contribution in [3.05, 3.63) is 34.9 Å². The number of halogens is 1. The molecule has 0 bridgehead atoms. The summed E-state index contributed by atoms with van der Waals surface area (Å²) in [6.07, 6.45) is 3.73. The summed E-state index contributed by atoms with van der Waals surface area (Å²) in [5, 5.41) is 4.47. The predicted octanol–water partition coefficient (Wildman–Crippen LogP) is 3.51. The third-order valence-corrected chi connectivity index (χ3v) is 4.27. The van der Waals surface area contributed by atoms with Gasteiger partial charge in [0, 0.05) is 23.7 Å². The molecule has 0 aliphatic heterocycles. The van der Waals surface area contributed by atoms with Crippen molar-refractivity contribution in [3.63, 3.8) is 0 Å². The van der Waals surface area contributed by atoms with Gasteiger partial charge in [-0.15, -0.1) is 0 Å². The van der Waals surface area contributed by atoms with E-state index in [0.717, 1.165) is 10.6 Å². The lowest BCUT2D eigenvalue weighted by molar-refractivity contribution is 0.353. The second-order valence-electron chi connectivity index (χ2n) is 6.08. The number of nitrogens with two attached hydrogens (primary N) is 1. The Bertz CT molecular complexity index is 403. The minimum atomic E-state index is 0.164. The molecule has 1 aliphatic carbocycles. The maximum atomic E-state index is 6.24. The summed E-state index contributed by atoms with van der Waals surface area (Å²) >= 11 is 6.24. The molecule has 2 rings (SSSR count). The maximum absolute atomic E-state index is 6.24. The molecule has 1 fully saturated rings. The van der Waals surface area contributed by atoms with Crippen LogP contribution in [0.1, 0.15) is 44.7 Å². The van der Waals surface area contributed by atoms with E-state index in [1.165, 1.54) is 19.3 Å². The molecule has 1 aliphatic rings. The van der Waals surface area contributed by atoms with Crippen molar-refractivity contribution in [1.82, 2.24) is 5.32 Å². The van der Waals surface area contributed by atoms with E-state index >= 15 is 0 Å². The van der Waals surface area contributed by atoms with Crippen LogP contribution in [0.5, 0.6) is 0 Å². The molecule has 0 spiro atoms. The number of benzene rings is 1. The molecule has 2 unspecified atom stereocenters. The van der Waals surface area contributed by atoms with Crippen molar-refractivity contribution in [2.24, 2.45) is 11.1 Å². The highest BCUT2D eigenvalue weighted by molar-refractivity contribution is 6.31. The molecule has 100 valence electrons. The summed E-state index contributed by atoms with van der Waals surface area (Å²) in [5.74, 6) is 0. The molecular formula is C15H23ClN2. The van der Waals surface area contributed by atoms with Gasteiger partial charge in [0.15, 0.2) is 0 Å². The minimum absolute atomic E-state index is 0.164. The molecule has 0 radical (unpaired) electrons. The van der Waals surface area contributed by atoms with Crippen molar-refractivity contribution < 1.29 is 0 Å². The van der Waals surface area contributed by atoms with E-state index in [-0.39, 0.29) is 6.04 Å². The van der Waals surface area contributed by atoms with Crippen LogP contribution >= 0.6 is 11.6 Å². The van der Waals surface area contributed by atoms with Gasteiger partial charge in [0.25, 0.3) is 0 Å². The average molecular weight is 267 g/mol. The standard InChI is InChI=1S/C15H23ClN2/c1-15(2)8-7-11(9-15)18-14(10-17)12-5-3-4-6-13(12)16/h3-6,11,14,18H,7-10,17H2,1-2H3. The lowest BCUT2D eigenvalue weighted by Gasteiger charge is -2.24. The predicted molar refractivity (Wildman–Crippen MR) is 77.8 cm³/mol. The van der Waals surface area contributed by atoms with Gasteiger partial charge >= 0.3 is 0 Å². The zero-order valence-corrected chi connectivity index (χ0v) is 12.0. The molecule has 0 heterocycles. The summed E-state index contributed by atoms with van der Waals surface area (Å²) in [5.41, 5.74) is 7.47. The number of hydrogen-bond acceptors (Lipinski definition) is 2. The van der Waals surface area contributed by atoms with Gasteiger partial charge in [0.2, 0.25) is 0 Å². The van der Waals surface area contributed by atoms with Gasteiger partial charge in [0.1, 0.15) is 0 Å². The first-order valence-corrected chi connectivity index (χ1v) is 7.10. The highest BCUT2D eigenvalue weighted by atomic mass is 35.5. The van der Waals surface area contributed by atoms with E-state index in [1.807, 2.05) is 18.2 Å². The number of rotatable bonds is 4. The van der Waals surface area contributed by atoms with E-state index < -0.39 is 0 Å². The molecular weight excluding hydrogens is 244 g/mol. The fraction of sp³-hybridized carbons (Fsp3) is 0.600. The zero-order chi connectivity index (χ0) is 13.2. The molecule has 2 atom stereocenters. The quantitative estimate of drug-likeness (QED) is 0.875. The van der Waals surface area contributed by atoms with Gasteiger partial charge in [-0.05, 0) is 36.3 Å². The van der Waals surface area contributed by atoms with Crippen molar-refractivity contribution in [2.75, 3.05) is 6.54 Å². The Labute approximate surface area is 115 Å². The molecule has 0 aromatic heterocycles. The van der Waals surface area contributed by atoms with Crippen LogP contribution in [-0.4, -0.2) is 12.6 Å². The largest absolute Gasteiger partial charge is 0.329 e. The highest BCUT2D eigenvalue weighted by Gasteiger charge is 2.32. The van der Waals surface area contributed by atoms with E-state index in [1.54, 1.807) is 0 Å². The fourth-order valence-electron chi connectivity index (χ4n) is 2.91. The van der Waals surface area contributed by atoms with E-state index in [2.05, 4.69) is 25.2 Å². The van der Waals surface area contributed by atoms with Crippen LogP contribution in [0.4, 0.5) is 0 Å². The van der Waals surface area contributed by atoms with Gasteiger partial charge < -0.3 is 11.1 Å². The maximum Gasteiger partial charge on any atom is 0.0461 e. The molecule has 2 nitrogen and oxygen atoms in total. The van der Waals surface area contributed by atoms with Crippen LogP contribution in [-0.2, 0) is 0 Å². The Morgan fingerprint density at radius 2 is 2.17 bits per heavy atom. The summed E-state index contributed by atoms with van der Waals surface area (Å²) in [4.78, 5) is 0. The molecule has 18 heavy (non-hydrogen) atoms. The van der Waals surface area contributed by atoms with E-state index in [4.69, 9.17) is 17.3 Å². The van der Waals surface area contributed by atoms with Crippen molar-refractivity contribution in [2.45, 2.75) is 45.2 Å². The fourth-order valence-corrected chi connectivity index (χ4v) is 3.17. The van der Waals surface area contributed by atoms with Gasteiger partial charge in [-0.25, -0.2) is 0 Å². The third-order valence-electron chi connectivity index (χ3n) is 3.92. The summed E-state index contributed by atoms with van der Waals surface area (Å²) in [6.45, 7) is 5.25. The molecule has 3 N–H and O–H groups in total. The second kappa shape index (κ2) is 5.60. The lowest BCUT2D eigenvalue weighted by atomic mass is 9.91. The van der Waals surface area contributed by atoms with Crippen LogP contribution in [0.25, 0.3) is 0 Å². The van der Waals surface area contributed by atoms with Crippen LogP contribution in [0.2, 0.25) is 5.02 Å². The highest BCUT2D eigenvalue weighted by Crippen LogP contribution is 2.38. The van der Waals surface area contributed by atoms with Crippen LogP contribution < -0.4 is 11.1 Å². The monoisotopic (exact) mass is 266 g/mol. The third kappa shape index (κ3) is 3.25. The molecule has 0 saturated heterocycles. The number of hydrogen-bond donors (Lipinski definition) is 2. The van der Waals surface area contributed by atoms with Gasteiger partial charge in [-0.3, -0.25) is 0 Å². The SMILES string of the molecule is CC1(C)CCC(NC(CN)c2ccccc2Cl)C1. The van der Waals surface area contributed by atoms with Crippen molar-refractivity contribution in [1.29, 1.82) is 0 Å². The zero-order valence-electron chi connectivity index (χ0n) is 11.2. The molecule has 3 heteroatoms. The molecule has 0 amide bonds. The smallest absolute Gasteiger partial charge is 0.0461 e. The van der Waals surface area contributed by atoms with Crippen molar-refractivity contribution >= 4 is 11.6 Å². The van der Waals surface area contributed by atoms with E-state index in [9.17, 15) is 0 Å². The summed E-state index contributed by atoms with van der Waals surface area (Å²) in [7, 11) is 0. The summed E-state index contributed by atoms with van der Waals surface area (Å²) < 4.78 is 0. The normalized spacial score (nSPS) is 24.1. The second-order valence-corrected chi connectivity index (χ2v) is 6.49. The Morgan fingerprint density at radius 3 is 2.72 bits per heavy atom. The number of nitrogens with one attached hydrogen (secondary N) is 1. The lowest BCUT2D eigenvalue weighted by Crippen LogP contribution is -2.35. The molecule has 1 saturated carbocycles. The van der Waals surface area contributed by atoms with Gasteiger partial charge in [-0.1, -0.05) is 43.6 Å². The summed E-state index contributed by atoms with van der Waals surface area (Å²) in [6, 6.07) is 8.69. The van der Waals surface area contributed by atoms with E-state index in [0.29, 0.717) is 18.0 Å². The van der Waals surface area contributed by atoms with Gasteiger partial charge in [-0.2, -0.15) is 0 Å². The van der Waals surface area contributed by atoms with Crippen LogP contribution in [0.3, 0.4) is 0 Å². The Hall–Kier alpha value is -0.570. The minimum Gasteiger partial charge on any atom is -0.329 e. The first-order valence-electron chi connectivity index (χ1n) is 6.72. The molecule has 1 aromatic carbocycles. The van der Waals surface area contributed by atoms with Crippen molar-refractivity contribution in [3.8, 4) is 0 Å². The Kier molecular flexibility index (Phi) is 4.31. The van der Waals surface area contributed by atoms with Gasteiger partial charge in [0.05, 0.1) is 0 Å². The first-order chi connectivity index (χ1) is 8.52. The average Bonchev–Trinajstić information content (AvgIpc) is 2.67. The Balaban J connectivity index is 2.05. The van der Waals surface area contributed by atoms with Crippen LogP contribution in [0.15, 0.2) is 24.3 Å².